The fourth-order valence-electron chi connectivity index (χ4n) is 1.20. The van der Waals surface area contributed by atoms with E-state index in [1.165, 1.54) is 56.6 Å². The fraction of sp³-hybridized carbons (Fsp3) is 1.00. The monoisotopic (exact) mass is 206 g/mol. The lowest BCUT2D eigenvalue weighted by Crippen LogP contribution is -1.90. The normalized spacial score (nSPS) is 11.5. The molecule has 0 atom stereocenters. The molecule has 0 radical (unpaired) electrons. The molecule has 74 valence electrons. The van der Waals surface area contributed by atoms with Crippen LogP contribution in [0.1, 0.15) is 45.4 Å². The summed E-state index contributed by atoms with van der Waals surface area (Å²) < 4.78 is 5.32. The zero-order chi connectivity index (χ0) is 9.07. The highest BCUT2D eigenvalue weighted by molar-refractivity contribution is 7.94. The maximum Gasteiger partial charge on any atom is 0.180 e. The first-order valence-corrected chi connectivity index (χ1v) is 7.80. The van der Waals surface area contributed by atoms with Crippen LogP contribution in [0.4, 0.5) is 0 Å². The van der Waals surface area contributed by atoms with Gasteiger partial charge in [0.1, 0.15) is 0 Å². The average Bonchev–Trinajstić information content (AvgIpc) is 2.10. The number of hydrogen-bond donors (Lipinski definition) is 0. The summed E-state index contributed by atoms with van der Waals surface area (Å²) in [5.74, 6) is 0. The Morgan fingerprint density at radius 2 is 1.75 bits per heavy atom. The molecule has 0 aromatic rings. The highest BCUT2D eigenvalue weighted by Gasteiger charge is 1.91. The Labute approximate surface area is 83.8 Å². The minimum absolute atomic E-state index is 0.165. The standard InChI is InChI=1S/C9H22OSSi/c1-3-4-5-6-7-8-9-12-10-11-2/h3-9,12H2,1-2H3. The molecule has 0 amide bonds. The fourth-order valence-corrected chi connectivity index (χ4v) is 2.90. The highest BCUT2D eigenvalue weighted by atomic mass is 32.2. The van der Waals surface area contributed by atoms with Crippen molar-refractivity contribution >= 4 is 21.8 Å². The van der Waals surface area contributed by atoms with Gasteiger partial charge in [-0.1, -0.05) is 45.4 Å². The summed E-state index contributed by atoms with van der Waals surface area (Å²) in [5.41, 5.74) is 0. The number of hydrogen-bond acceptors (Lipinski definition) is 2. The molecule has 0 N–H and O–H groups in total. The second-order valence-corrected chi connectivity index (χ2v) is 5.50. The van der Waals surface area contributed by atoms with E-state index in [-0.39, 0.29) is 9.76 Å². The summed E-state index contributed by atoms with van der Waals surface area (Å²) in [4.78, 5) is 0. The third-order valence-electron chi connectivity index (χ3n) is 1.95. The van der Waals surface area contributed by atoms with Crippen LogP contribution in [0.2, 0.25) is 6.04 Å². The molecular weight excluding hydrogens is 184 g/mol. The molecule has 3 heteroatoms. The molecule has 0 saturated carbocycles. The maximum atomic E-state index is 5.32. The summed E-state index contributed by atoms with van der Waals surface area (Å²) in [7, 11) is -0.165. The third-order valence-corrected chi connectivity index (χ3v) is 4.35. The van der Waals surface area contributed by atoms with Gasteiger partial charge in [-0.15, -0.1) is 0 Å². The van der Waals surface area contributed by atoms with Crippen molar-refractivity contribution in [3.8, 4) is 0 Å². The van der Waals surface area contributed by atoms with E-state index in [2.05, 4.69) is 6.92 Å². The summed E-state index contributed by atoms with van der Waals surface area (Å²) >= 11 is 1.54. The molecule has 0 aliphatic carbocycles. The molecule has 0 heterocycles. The van der Waals surface area contributed by atoms with Gasteiger partial charge in [0.2, 0.25) is 0 Å². The first-order valence-electron chi connectivity index (χ1n) is 5.07. The van der Waals surface area contributed by atoms with E-state index in [0.717, 1.165) is 0 Å². The Bertz CT molecular complexity index is 70.9. The Morgan fingerprint density at radius 1 is 1.08 bits per heavy atom. The van der Waals surface area contributed by atoms with Gasteiger partial charge in [-0.25, -0.2) is 0 Å². The van der Waals surface area contributed by atoms with Crippen LogP contribution in [-0.2, 0) is 3.87 Å². The Hall–Kier alpha value is 0.527. The zero-order valence-corrected chi connectivity index (χ0v) is 10.7. The van der Waals surface area contributed by atoms with Gasteiger partial charge in [-0.3, -0.25) is 0 Å². The van der Waals surface area contributed by atoms with E-state index in [4.69, 9.17) is 3.87 Å². The second kappa shape index (κ2) is 11.5. The lowest BCUT2D eigenvalue weighted by molar-refractivity contribution is 0.614. The molecule has 0 aliphatic heterocycles. The second-order valence-electron chi connectivity index (χ2n) is 3.11. The smallest absolute Gasteiger partial charge is 0.180 e. The predicted molar refractivity (Wildman–Crippen MR) is 61.3 cm³/mol. The molecule has 0 aliphatic rings. The molecule has 0 bridgehead atoms. The molecule has 0 spiro atoms. The molecule has 0 rings (SSSR count). The van der Waals surface area contributed by atoms with E-state index in [9.17, 15) is 0 Å². The molecule has 0 saturated heterocycles. The van der Waals surface area contributed by atoms with Gasteiger partial charge in [0.25, 0.3) is 0 Å². The zero-order valence-electron chi connectivity index (χ0n) is 8.47. The molecule has 0 aromatic carbocycles. The van der Waals surface area contributed by atoms with Crippen LogP contribution in [0.15, 0.2) is 0 Å². The Kier molecular flexibility index (Phi) is 12.0. The van der Waals surface area contributed by atoms with Crippen molar-refractivity contribution in [3.05, 3.63) is 0 Å². The first-order chi connectivity index (χ1) is 5.91. The van der Waals surface area contributed by atoms with E-state index < -0.39 is 0 Å². The number of rotatable bonds is 9. The summed E-state index contributed by atoms with van der Waals surface area (Å²) in [6, 6.07) is 1.37. The van der Waals surface area contributed by atoms with Gasteiger partial charge in [-0.05, 0) is 18.1 Å². The van der Waals surface area contributed by atoms with Crippen LogP contribution in [-0.4, -0.2) is 16.0 Å². The molecule has 1 nitrogen and oxygen atoms in total. The lowest BCUT2D eigenvalue weighted by Gasteiger charge is -1.99. The highest BCUT2D eigenvalue weighted by Crippen LogP contribution is 2.07. The van der Waals surface area contributed by atoms with E-state index in [1.807, 2.05) is 6.26 Å². The summed E-state index contributed by atoms with van der Waals surface area (Å²) in [6.45, 7) is 2.26. The van der Waals surface area contributed by atoms with Crippen molar-refractivity contribution in [1.29, 1.82) is 0 Å². The Morgan fingerprint density at radius 3 is 2.42 bits per heavy atom. The predicted octanol–water partition coefficient (Wildman–Crippen LogP) is 3.14. The topological polar surface area (TPSA) is 9.23 Å². The van der Waals surface area contributed by atoms with E-state index in [0.29, 0.717) is 0 Å². The van der Waals surface area contributed by atoms with Gasteiger partial charge >= 0.3 is 0 Å². The summed E-state index contributed by atoms with van der Waals surface area (Å²) in [6.07, 6.45) is 10.5. The van der Waals surface area contributed by atoms with Crippen molar-refractivity contribution in [1.82, 2.24) is 0 Å². The van der Waals surface area contributed by atoms with Gasteiger partial charge in [0, 0.05) is 6.26 Å². The molecule has 0 unspecified atom stereocenters. The van der Waals surface area contributed by atoms with Gasteiger partial charge in [-0.2, -0.15) is 0 Å². The SMILES string of the molecule is CCCCCCCC[SiH2]OSC. The van der Waals surface area contributed by atoms with Crippen LogP contribution in [0.25, 0.3) is 0 Å². The van der Waals surface area contributed by atoms with E-state index in [1.54, 1.807) is 0 Å². The van der Waals surface area contributed by atoms with Crippen molar-refractivity contribution < 1.29 is 3.87 Å². The molecule has 12 heavy (non-hydrogen) atoms. The first kappa shape index (κ1) is 12.5. The van der Waals surface area contributed by atoms with Crippen LogP contribution in [0.5, 0.6) is 0 Å². The van der Waals surface area contributed by atoms with Crippen LogP contribution in [0.3, 0.4) is 0 Å². The van der Waals surface area contributed by atoms with Crippen LogP contribution >= 0.6 is 12.0 Å². The maximum absolute atomic E-state index is 5.32. The van der Waals surface area contributed by atoms with Crippen LogP contribution in [0, 0.1) is 0 Å². The van der Waals surface area contributed by atoms with E-state index >= 15 is 0 Å². The van der Waals surface area contributed by atoms with Crippen molar-refractivity contribution in [2.24, 2.45) is 0 Å². The quantitative estimate of drug-likeness (QED) is 0.326. The Balaban J connectivity index is 2.73. The molecular formula is C9H22OSSi. The van der Waals surface area contributed by atoms with Crippen molar-refractivity contribution in [3.63, 3.8) is 0 Å². The number of unbranched alkanes of at least 4 members (excludes halogenated alkanes) is 5. The van der Waals surface area contributed by atoms with Gasteiger partial charge in [0.15, 0.2) is 9.76 Å². The lowest BCUT2D eigenvalue weighted by atomic mass is 10.1. The van der Waals surface area contributed by atoms with Crippen molar-refractivity contribution in [2.75, 3.05) is 6.26 Å². The minimum Gasteiger partial charge on any atom is -0.365 e. The molecule has 0 aromatic heterocycles. The van der Waals surface area contributed by atoms with Crippen molar-refractivity contribution in [2.45, 2.75) is 51.5 Å². The van der Waals surface area contributed by atoms with Gasteiger partial charge in [0.05, 0.1) is 0 Å². The minimum atomic E-state index is -0.165. The van der Waals surface area contributed by atoms with Crippen LogP contribution < -0.4 is 0 Å². The average molecular weight is 206 g/mol. The largest absolute Gasteiger partial charge is 0.365 e. The van der Waals surface area contributed by atoms with Gasteiger partial charge < -0.3 is 3.87 Å². The molecule has 0 fully saturated rings. The third kappa shape index (κ3) is 10.5. The summed E-state index contributed by atoms with van der Waals surface area (Å²) in [5, 5.41) is 0.